The molecule has 10 heteroatoms. The molecule has 0 N–H and O–H groups in total. The number of nitro benzene ring substituents is 1. The number of hydrogen-bond acceptors (Lipinski definition) is 7. The van der Waals surface area contributed by atoms with Crippen LogP contribution in [-0.4, -0.2) is 27.9 Å². The van der Waals surface area contributed by atoms with Gasteiger partial charge in [0.05, 0.1) is 29.2 Å². The lowest BCUT2D eigenvalue weighted by molar-refractivity contribution is -0.385. The Labute approximate surface area is 253 Å². The standard InChI is InChI=1S/C33H29ClN4O5/c1-20(2)25-17-26(21(3)15-31(25)42-4)32-36-28-12-8-6-10-24(28)33(39)37(32)35-18-22-13-14-30(29(16-22)38(40)41)43-19-23-9-5-7-11-27(23)34/h5-18,20H,19H2,1-4H3. The number of para-hydroxylation sites is 1. The van der Waals surface area contributed by atoms with Crippen LogP contribution in [0.2, 0.25) is 5.02 Å². The van der Waals surface area contributed by atoms with Crippen molar-refractivity contribution in [1.29, 1.82) is 0 Å². The second kappa shape index (κ2) is 12.5. The van der Waals surface area contributed by atoms with Gasteiger partial charge in [0.15, 0.2) is 11.6 Å². The average molecular weight is 597 g/mol. The van der Waals surface area contributed by atoms with Crippen molar-refractivity contribution in [1.82, 2.24) is 9.66 Å². The van der Waals surface area contributed by atoms with Crippen LogP contribution in [0.1, 0.15) is 42.0 Å². The number of aryl methyl sites for hydroxylation is 1. The summed E-state index contributed by atoms with van der Waals surface area (Å²) in [5, 5.41) is 17.3. The molecule has 0 fully saturated rings. The smallest absolute Gasteiger partial charge is 0.311 e. The summed E-state index contributed by atoms with van der Waals surface area (Å²) in [7, 11) is 1.63. The van der Waals surface area contributed by atoms with E-state index in [1.807, 2.05) is 31.2 Å². The molecule has 0 unspecified atom stereocenters. The summed E-state index contributed by atoms with van der Waals surface area (Å²) in [5.74, 6) is 1.33. The van der Waals surface area contributed by atoms with E-state index in [1.165, 1.54) is 23.0 Å². The quantitative estimate of drug-likeness (QED) is 0.0988. The number of nitrogens with zero attached hydrogens (tertiary/aromatic N) is 4. The molecule has 0 amide bonds. The van der Waals surface area contributed by atoms with Gasteiger partial charge in [-0.3, -0.25) is 14.9 Å². The van der Waals surface area contributed by atoms with Gasteiger partial charge in [0.25, 0.3) is 5.56 Å². The highest BCUT2D eigenvalue weighted by Crippen LogP contribution is 2.34. The molecule has 0 saturated carbocycles. The average Bonchev–Trinajstić information content (AvgIpc) is 3.00. The molecule has 9 nitrogen and oxygen atoms in total. The van der Waals surface area contributed by atoms with E-state index in [-0.39, 0.29) is 29.5 Å². The molecule has 43 heavy (non-hydrogen) atoms. The predicted octanol–water partition coefficient (Wildman–Crippen LogP) is 7.53. The molecule has 0 bridgehead atoms. The zero-order valence-corrected chi connectivity index (χ0v) is 24.8. The van der Waals surface area contributed by atoms with Crippen molar-refractivity contribution in [2.24, 2.45) is 5.10 Å². The zero-order chi connectivity index (χ0) is 30.7. The SMILES string of the molecule is COc1cc(C)c(-c2nc3ccccc3c(=O)n2N=Cc2ccc(OCc3ccccc3Cl)c([N+](=O)[O-])c2)cc1C(C)C. The topological polar surface area (TPSA) is 109 Å². The molecule has 4 aromatic carbocycles. The van der Waals surface area contributed by atoms with E-state index >= 15 is 0 Å². The zero-order valence-electron chi connectivity index (χ0n) is 24.1. The molecule has 218 valence electrons. The number of rotatable bonds is 9. The van der Waals surface area contributed by atoms with Gasteiger partial charge in [-0.15, -0.1) is 0 Å². The van der Waals surface area contributed by atoms with Crippen molar-refractivity contribution in [3.05, 3.63) is 127 Å². The van der Waals surface area contributed by atoms with Gasteiger partial charge in [0.2, 0.25) is 0 Å². The van der Waals surface area contributed by atoms with Crippen molar-refractivity contribution >= 4 is 34.4 Å². The molecule has 0 atom stereocenters. The highest BCUT2D eigenvalue weighted by Gasteiger charge is 2.19. The van der Waals surface area contributed by atoms with Crippen LogP contribution in [0.4, 0.5) is 5.69 Å². The fourth-order valence-corrected chi connectivity index (χ4v) is 4.94. The highest BCUT2D eigenvalue weighted by atomic mass is 35.5. The number of benzene rings is 4. The first-order valence-corrected chi connectivity index (χ1v) is 14.0. The third-order valence-corrected chi connectivity index (χ3v) is 7.41. The summed E-state index contributed by atoms with van der Waals surface area (Å²) in [6, 6.07) is 22.5. The first-order valence-electron chi connectivity index (χ1n) is 13.6. The fourth-order valence-electron chi connectivity index (χ4n) is 4.75. The number of halogens is 1. The molecule has 0 aliphatic heterocycles. The summed E-state index contributed by atoms with van der Waals surface area (Å²) in [5.41, 5.74) is 3.56. The Morgan fingerprint density at radius 2 is 1.79 bits per heavy atom. The maximum Gasteiger partial charge on any atom is 0.311 e. The van der Waals surface area contributed by atoms with Gasteiger partial charge in [-0.05, 0) is 66.4 Å². The third kappa shape index (κ3) is 6.12. The van der Waals surface area contributed by atoms with Gasteiger partial charge in [-0.1, -0.05) is 55.8 Å². The van der Waals surface area contributed by atoms with Crippen molar-refractivity contribution < 1.29 is 14.4 Å². The lowest BCUT2D eigenvalue weighted by Gasteiger charge is -2.17. The van der Waals surface area contributed by atoms with Crippen LogP contribution < -0.4 is 15.0 Å². The highest BCUT2D eigenvalue weighted by molar-refractivity contribution is 6.31. The minimum atomic E-state index is -0.525. The number of aromatic nitrogens is 2. The molecule has 1 heterocycles. The lowest BCUT2D eigenvalue weighted by atomic mass is 9.96. The van der Waals surface area contributed by atoms with E-state index in [2.05, 4.69) is 18.9 Å². The minimum absolute atomic E-state index is 0.0645. The first kappa shape index (κ1) is 29.5. The molecule has 0 aliphatic carbocycles. The van der Waals surface area contributed by atoms with Crippen LogP contribution in [0.5, 0.6) is 11.5 Å². The fraction of sp³-hybridized carbons (Fsp3) is 0.182. The van der Waals surface area contributed by atoms with Crippen molar-refractivity contribution in [2.45, 2.75) is 33.3 Å². The first-order chi connectivity index (χ1) is 20.7. The third-order valence-electron chi connectivity index (χ3n) is 7.04. The Balaban J connectivity index is 1.59. The number of fused-ring (bicyclic) bond motifs is 1. The summed E-state index contributed by atoms with van der Waals surface area (Å²) in [6.45, 7) is 6.10. The second-order valence-electron chi connectivity index (χ2n) is 10.2. The lowest BCUT2D eigenvalue weighted by Crippen LogP contribution is -2.20. The number of nitro groups is 1. The van der Waals surface area contributed by atoms with Crippen LogP contribution in [0.25, 0.3) is 22.3 Å². The minimum Gasteiger partial charge on any atom is -0.496 e. The van der Waals surface area contributed by atoms with Gasteiger partial charge >= 0.3 is 5.69 Å². The molecule has 0 aliphatic rings. The van der Waals surface area contributed by atoms with E-state index in [0.717, 1.165) is 22.4 Å². The van der Waals surface area contributed by atoms with E-state index in [9.17, 15) is 14.9 Å². The predicted molar refractivity (Wildman–Crippen MR) is 169 cm³/mol. The van der Waals surface area contributed by atoms with E-state index < -0.39 is 4.92 Å². The molecule has 0 spiro atoms. The van der Waals surface area contributed by atoms with Gasteiger partial charge in [0, 0.05) is 27.8 Å². The van der Waals surface area contributed by atoms with Crippen LogP contribution in [0.3, 0.4) is 0 Å². The summed E-state index contributed by atoms with van der Waals surface area (Å²) in [4.78, 5) is 29.9. The Morgan fingerprint density at radius 3 is 2.51 bits per heavy atom. The van der Waals surface area contributed by atoms with Gasteiger partial charge < -0.3 is 9.47 Å². The number of methoxy groups -OCH3 is 1. The Morgan fingerprint density at radius 1 is 1.05 bits per heavy atom. The van der Waals surface area contributed by atoms with Crippen LogP contribution in [-0.2, 0) is 6.61 Å². The maximum absolute atomic E-state index is 13.7. The number of hydrogen-bond donors (Lipinski definition) is 0. The molecule has 0 saturated heterocycles. The Hall–Kier alpha value is -5.02. The van der Waals surface area contributed by atoms with Crippen molar-refractivity contribution in [2.75, 3.05) is 7.11 Å². The molecule has 5 rings (SSSR count). The van der Waals surface area contributed by atoms with E-state index in [0.29, 0.717) is 32.9 Å². The van der Waals surface area contributed by atoms with Gasteiger partial charge in [-0.25, -0.2) is 4.98 Å². The van der Waals surface area contributed by atoms with Crippen LogP contribution >= 0.6 is 11.6 Å². The molecular weight excluding hydrogens is 568 g/mol. The van der Waals surface area contributed by atoms with E-state index in [4.69, 9.17) is 26.1 Å². The monoisotopic (exact) mass is 596 g/mol. The van der Waals surface area contributed by atoms with Crippen LogP contribution in [0, 0.1) is 17.0 Å². The molecule has 0 radical (unpaired) electrons. The molecule has 5 aromatic rings. The van der Waals surface area contributed by atoms with Crippen molar-refractivity contribution in [3.8, 4) is 22.9 Å². The largest absolute Gasteiger partial charge is 0.496 e. The summed E-state index contributed by atoms with van der Waals surface area (Å²) in [6.07, 6.45) is 1.40. The Bertz CT molecular complexity index is 1930. The second-order valence-corrected chi connectivity index (χ2v) is 10.6. The summed E-state index contributed by atoms with van der Waals surface area (Å²) >= 11 is 6.20. The van der Waals surface area contributed by atoms with Gasteiger partial charge in [0.1, 0.15) is 12.4 Å². The normalized spacial score (nSPS) is 11.4. The maximum atomic E-state index is 13.7. The van der Waals surface area contributed by atoms with Crippen molar-refractivity contribution in [3.63, 3.8) is 0 Å². The Kier molecular flexibility index (Phi) is 8.54. The summed E-state index contributed by atoms with van der Waals surface area (Å²) < 4.78 is 12.6. The molecule has 1 aromatic heterocycles. The van der Waals surface area contributed by atoms with E-state index in [1.54, 1.807) is 49.6 Å². The number of ether oxygens (including phenoxy) is 2. The molecular formula is C33H29ClN4O5. The van der Waals surface area contributed by atoms with Gasteiger partial charge in [-0.2, -0.15) is 9.78 Å². The van der Waals surface area contributed by atoms with Crippen LogP contribution in [0.15, 0.2) is 88.8 Å².